The summed E-state index contributed by atoms with van der Waals surface area (Å²) in [7, 11) is 0. The van der Waals surface area contributed by atoms with Crippen molar-refractivity contribution in [1.29, 1.82) is 0 Å². The topological polar surface area (TPSA) is 46.3 Å². The van der Waals surface area contributed by atoms with Gasteiger partial charge < -0.3 is 9.32 Å². The summed E-state index contributed by atoms with van der Waals surface area (Å²) in [6, 6.07) is 0. The van der Waals surface area contributed by atoms with Gasteiger partial charge in [-0.1, -0.05) is 0 Å². The van der Waals surface area contributed by atoms with Crippen molar-refractivity contribution in [1.82, 2.24) is 9.88 Å². The maximum absolute atomic E-state index is 12.0. The monoisotopic (exact) mass is 210 g/mol. The molecule has 1 amide bonds. The van der Waals surface area contributed by atoms with E-state index >= 15 is 0 Å². The molecule has 0 radical (unpaired) electrons. The lowest BCUT2D eigenvalue weighted by atomic mass is 10.1. The van der Waals surface area contributed by atoms with Crippen molar-refractivity contribution in [2.24, 2.45) is 0 Å². The van der Waals surface area contributed by atoms with Crippen LogP contribution in [0.2, 0.25) is 0 Å². The Morgan fingerprint density at radius 2 is 2.13 bits per heavy atom. The minimum atomic E-state index is -0.214. The quantitative estimate of drug-likeness (QED) is 0.752. The summed E-state index contributed by atoms with van der Waals surface area (Å²) >= 11 is 0. The highest BCUT2D eigenvalue weighted by Crippen LogP contribution is 2.16. The molecule has 1 rings (SSSR count). The summed E-state index contributed by atoms with van der Waals surface area (Å²) in [5, 5.41) is 0. The van der Waals surface area contributed by atoms with Crippen LogP contribution in [-0.4, -0.2) is 27.9 Å². The fourth-order valence-corrected chi connectivity index (χ4v) is 1.49. The van der Waals surface area contributed by atoms with Crippen LogP contribution < -0.4 is 0 Å². The second kappa shape index (κ2) is 4.04. The maximum atomic E-state index is 12.0. The van der Waals surface area contributed by atoms with Gasteiger partial charge in [-0.25, -0.2) is 4.98 Å². The Kier molecular flexibility index (Phi) is 3.17. The molecule has 15 heavy (non-hydrogen) atoms. The van der Waals surface area contributed by atoms with Gasteiger partial charge in [0.05, 0.1) is 6.20 Å². The van der Waals surface area contributed by atoms with Crippen LogP contribution in [0.4, 0.5) is 0 Å². The summed E-state index contributed by atoms with van der Waals surface area (Å²) in [6.07, 6.45) is 1.56. The molecule has 0 spiro atoms. The van der Waals surface area contributed by atoms with E-state index in [1.807, 2.05) is 27.7 Å². The Morgan fingerprint density at radius 1 is 1.53 bits per heavy atom. The third kappa shape index (κ3) is 2.58. The summed E-state index contributed by atoms with van der Waals surface area (Å²) in [4.78, 5) is 17.7. The molecule has 1 heterocycles. The van der Waals surface area contributed by atoms with Gasteiger partial charge in [0.15, 0.2) is 0 Å². The number of rotatable bonds is 2. The number of oxazole rings is 1. The fraction of sp³-hybridized carbons (Fsp3) is 0.636. The van der Waals surface area contributed by atoms with Crippen molar-refractivity contribution in [3.05, 3.63) is 17.8 Å². The molecule has 0 N–H and O–H groups in total. The lowest BCUT2D eigenvalue weighted by Crippen LogP contribution is -2.45. The number of aromatic nitrogens is 1. The molecule has 0 saturated carbocycles. The van der Waals surface area contributed by atoms with Crippen LogP contribution in [0, 0.1) is 6.92 Å². The molecule has 0 fully saturated rings. The summed E-state index contributed by atoms with van der Waals surface area (Å²) < 4.78 is 5.22. The highest BCUT2D eigenvalue weighted by molar-refractivity contribution is 5.90. The van der Waals surface area contributed by atoms with E-state index in [1.54, 1.807) is 18.0 Å². The second-order valence-electron chi connectivity index (χ2n) is 4.50. The zero-order valence-electron chi connectivity index (χ0n) is 10.00. The zero-order chi connectivity index (χ0) is 11.6. The van der Waals surface area contributed by atoms with Crippen molar-refractivity contribution in [3.63, 3.8) is 0 Å². The van der Waals surface area contributed by atoms with Gasteiger partial charge in [0, 0.05) is 12.1 Å². The van der Waals surface area contributed by atoms with Gasteiger partial charge in [-0.2, -0.15) is 0 Å². The Hall–Kier alpha value is -1.32. The van der Waals surface area contributed by atoms with E-state index in [0.717, 1.165) is 0 Å². The van der Waals surface area contributed by atoms with Crippen LogP contribution >= 0.6 is 0 Å². The Balaban J connectivity index is 2.92. The average Bonchev–Trinajstić information content (AvgIpc) is 2.50. The van der Waals surface area contributed by atoms with Gasteiger partial charge in [0.25, 0.3) is 5.89 Å². The van der Waals surface area contributed by atoms with E-state index in [0.29, 0.717) is 12.3 Å². The summed E-state index contributed by atoms with van der Waals surface area (Å²) in [5.41, 5.74) is -0.214. The average molecular weight is 210 g/mol. The molecule has 0 aromatic carbocycles. The number of carbonyl (C=O) groups is 1. The van der Waals surface area contributed by atoms with Crippen molar-refractivity contribution >= 4 is 5.91 Å². The Bertz CT molecular complexity index is 350. The van der Waals surface area contributed by atoms with E-state index in [9.17, 15) is 4.79 Å². The molecule has 0 unspecified atom stereocenters. The molecule has 84 valence electrons. The molecule has 4 nitrogen and oxygen atoms in total. The SMILES string of the molecule is CCN(C(=O)c1ncc(C)o1)C(C)(C)C. The lowest BCUT2D eigenvalue weighted by Gasteiger charge is -2.33. The number of hydrogen-bond donors (Lipinski definition) is 0. The standard InChI is InChI=1S/C11H18N2O2/c1-6-13(11(3,4)5)10(14)9-12-7-8(2)15-9/h7H,6H2,1-5H3. The van der Waals surface area contributed by atoms with Crippen LogP contribution in [-0.2, 0) is 0 Å². The maximum Gasteiger partial charge on any atom is 0.310 e. The fourth-order valence-electron chi connectivity index (χ4n) is 1.49. The van der Waals surface area contributed by atoms with Gasteiger partial charge in [-0.15, -0.1) is 0 Å². The van der Waals surface area contributed by atoms with Crippen molar-refractivity contribution in [2.45, 2.75) is 40.2 Å². The second-order valence-corrected chi connectivity index (χ2v) is 4.50. The van der Waals surface area contributed by atoms with Crippen LogP contribution in [0.5, 0.6) is 0 Å². The Labute approximate surface area is 90.3 Å². The molecule has 0 aliphatic heterocycles. The molecule has 0 saturated heterocycles. The van der Waals surface area contributed by atoms with E-state index in [1.165, 1.54) is 0 Å². The van der Waals surface area contributed by atoms with Gasteiger partial charge >= 0.3 is 5.91 Å². The van der Waals surface area contributed by atoms with Gasteiger partial charge in [0.2, 0.25) is 0 Å². The predicted molar refractivity (Wildman–Crippen MR) is 57.7 cm³/mol. The number of nitrogens with zero attached hydrogens (tertiary/aromatic N) is 2. The molecule has 4 heteroatoms. The number of amides is 1. The van der Waals surface area contributed by atoms with Crippen LogP contribution in [0.15, 0.2) is 10.6 Å². The van der Waals surface area contributed by atoms with E-state index in [-0.39, 0.29) is 17.3 Å². The Morgan fingerprint density at radius 3 is 2.47 bits per heavy atom. The smallest absolute Gasteiger partial charge is 0.310 e. The van der Waals surface area contributed by atoms with Gasteiger partial charge in [-0.3, -0.25) is 4.79 Å². The van der Waals surface area contributed by atoms with Crippen LogP contribution in [0.3, 0.4) is 0 Å². The van der Waals surface area contributed by atoms with Gasteiger partial charge in [-0.05, 0) is 34.6 Å². The van der Waals surface area contributed by atoms with Crippen LogP contribution in [0.1, 0.15) is 44.1 Å². The first-order chi connectivity index (χ1) is 6.86. The normalized spacial score (nSPS) is 11.5. The minimum Gasteiger partial charge on any atom is -0.438 e. The molecule has 1 aromatic rings. The first-order valence-corrected chi connectivity index (χ1v) is 5.10. The predicted octanol–water partition coefficient (Wildman–Crippen LogP) is 2.24. The molecular formula is C11H18N2O2. The first-order valence-electron chi connectivity index (χ1n) is 5.10. The molecular weight excluding hydrogens is 192 g/mol. The zero-order valence-corrected chi connectivity index (χ0v) is 10.00. The first kappa shape index (κ1) is 11.8. The highest BCUT2D eigenvalue weighted by Gasteiger charge is 2.28. The molecule has 0 bridgehead atoms. The van der Waals surface area contributed by atoms with Gasteiger partial charge in [0.1, 0.15) is 5.76 Å². The van der Waals surface area contributed by atoms with Crippen molar-refractivity contribution in [3.8, 4) is 0 Å². The largest absolute Gasteiger partial charge is 0.438 e. The highest BCUT2D eigenvalue weighted by atomic mass is 16.4. The van der Waals surface area contributed by atoms with E-state index in [4.69, 9.17) is 4.42 Å². The molecule has 0 atom stereocenters. The summed E-state index contributed by atoms with van der Waals surface area (Å²) in [5.74, 6) is 0.672. The van der Waals surface area contributed by atoms with Crippen molar-refractivity contribution in [2.75, 3.05) is 6.54 Å². The summed E-state index contributed by atoms with van der Waals surface area (Å²) in [6.45, 7) is 10.3. The van der Waals surface area contributed by atoms with Crippen molar-refractivity contribution < 1.29 is 9.21 Å². The van der Waals surface area contributed by atoms with E-state index in [2.05, 4.69) is 4.98 Å². The van der Waals surface area contributed by atoms with E-state index < -0.39 is 0 Å². The molecule has 0 aliphatic rings. The molecule has 0 aliphatic carbocycles. The van der Waals surface area contributed by atoms with Crippen LogP contribution in [0.25, 0.3) is 0 Å². The third-order valence-electron chi connectivity index (χ3n) is 2.18. The number of carbonyl (C=O) groups excluding carboxylic acids is 1. The third-order valence-corrected chi connectivity index (χ3v) is 2.18. The lowest BCUT2D eigenvalue weighted by molar-refractivity contribution is 0.0556. The number of hydrogen-bond acceptors (Lipinski definition) is 3. The molecule has 1 aromatic heterocycles. The number of aryl methyl sites for hydroxylation is 1. The minimum absolute atomic E-state index is 0.155.